The van der Waals surface area contributed by atoms with Gasteiger partial charge in [-0.1, -0.05) is 60.7 Å². The summed E-state index contributed by atoms with van der Waals surface area (Å²) in [5, 5.41) is 6.77. The van der Waals surface area contributed by atoms with Crippen molar-refractivity contribution in [2.24, 2.45) is 0 Å². The van der Waals surface area contributed by atoms with Crippen LogP contribution < -0.4 is 5.32 Å². The number of nitrogens with one attached hydrogen (secondary N) is 1. The van der Waals surface area contributed by atoms with Gasteiger partial charge in [0.25, 0.3) is 0 Å². The van der Waals surface area contributed by atoms with Crippen LogP contribution in [0.1, 0.15) is 24.3 Å². The zero-order chi connectivity index (χ0) is 21.9. The van der Waals surface area contributed by atoms with Crippen molar-refractivity contribution < 1.29 is 9.21 Å². The van der Waals surface area contributed by atoms with Crippen molar-refractivity contribution in [3.63, 3.8) is 0 Å². The summed E-state index contributed by atoms with van der Waals surface area (Å²) in [7, 11) is 0. The molecule has 1 aliphatic heterocycles. The molecule has 1 atom stereocenters. The van der Waals surface area contributed by atoms with Crippen molar-refractivity contribution in [2.45, 2.75) is 19.5 Å². The average molecular weight is 428 g/mol. The van der Waals surface area contributed by atoms with Gasteiger partial charge in [0.15, 0.2) is 0 Å². The quantitative estimate of drug-likeness (QED) is 0.489. The fraction of sp³-hybridized carbons (Fsp3) is 0.296. The monoisotopic (exact) mass is 427 g/mol. The van der Waals surface area contributed by atoms with Gasteiger partial charge >= 0.3 is 0 Å². The van der Waals surface area contributed by atoms with Crippen molar-refractivity contribution in [1.29, 1.82) is 0 Å². The number of amides is 1. The molecule has 5 rings (SSSR count). The maximum atomic E-state index is 12.6. The second-order valence-electron chi connectivity index (χ2n) is 8.67. The molecule has 4 aromatic rings. The number of para-hydroxylation sites is 1. The molecular weight excluding hydrogens is 398 g/mol. The Hall–Kier alpha value is -3.15. The van der Waals surface area contributed by atoms with E-state index >= 15 is 0 Å². The first-order chi connectivity index (χ1) is 15.7. The minimum atomic E-state index is -0.150. The van der Waals surface area contributed by atoms with Gasteiger partial charge in [-0.3, -0.25) is 14.6 Å². The van der Waals surface area contributed by atoms with Crippen LogP contribution in [-0.4, -0.2) is 48.4 Å². The number of furan rings is 1. The van der Waals surface area contributed by atoms with Crippen molar-refractivity contribution >= 4 is 27.6 Å². The fourth-order valence-electron chi connectivity index (χ4n) is 4.55. The van der Waals surface area contributed by atoms with Gasteiger partial charge in [-0.15, -0.1) is 0 Å². The molecule has 2 heterocycles. The molecule has 1 aliphatic rings. The number of hydrogen-bond acceptors (Lipinski definition) is 4. The van der Waals surface area contributed by atoms with Crippen LogP contribution in [-0.2, 0) is 11.3 Å². The highest BCUT2D eigenvalue weighted by Crippen LogP contribution is 2.24. The van der Waals surface area contributed by atoms with Gasteiger partial charge in [-0.05, 0) is 35.4 Å². The molecule has 1 unspecified atom stereocenters. The molecule has 0 radical (unpaired) electrons. The minimum absolute atomic E-state index is 0.0421. The summed E-state index contributed by atoms with van der Waals surface area (Å²) in [6.45, 7) is 7.08. The standard InChI is InChI=1S/C27H29N3O2/c1-20(26-17-22-8-3-5-12-25(22)32-26)28-27(31)19-30-15-13-29(14-16-30)18-23-10-6-9-21-7-2-4-11-24(21)23/h2-12,17,20H,13-16,18-19H2,1H3,(H,28,31). The summed E-state index contributed by atoms with van der Waals surface area (Å²) in [6.07, 6.45) is 0. The smallest absolute Gasteiger partial charge is 0.234 e. The molecular formula is C27H29N3O2. The normalized spacial score (nSPS) is 16.4. The summed E-state index contributed by atoms with van der Waals surface area (Å²) in [6, 6.07) is 24.9. The van der Waals surface area contributed by atoms with E-state index in [2.05, 4.69) is 57.6 Å². The van der Waals surface area contributed by atoms with E-state index in [-0.39, 0.29) is 11.9 Å². The molecule has 1 amide bonds. The van der Waals surface area contributed by atoms with Crippen molar-refractivity contribution in [3.05, 3.63) is 84.1 Å². The maximum Gasteiger partial charge on any atom is 0.234 e. The van der Waals surface area contributed by atoms with Crippen LogP contribution in [0.25, 0.3) is 21.7 Å². The van der Waals surface area contributed by atoms with Gasteiger partial charge in [-0.25, -0.2) is 0 Å². The van der Waals surface area contributed by atoms with Crippen LogP contribution in [0.3, 0.4) is 0 Å². The Kier molecular flexibility index (Phi) is 5.93. The molecule has 0 aliphatic carbocycles. The Morgan fingerprint density at radius 2 is 1.59 bits per heavy atom. The number of carbonyl (C=O) groups excluding carboxylic acids is 1. The molecule has 1 saturated heterocycles. The number of hydrogen-bond donors (Lipinski definition) is 1. The lowest BCUT2D eigenvalue weighted by atomic mass is 10.0. The van der Waals surface area contributed by atoms with Gasteiger partial charge in [-0.2, -0.15) is 0 Å². The first-order valence-electron chi connectivity index (χ1n) is 11.3. The summed E-state index contributed by atoms with van der Waals surface area (Å²) in [5.41, 5.74) is 2.22. The number of rotatable bonds is 6. The van der Waals surface area contributed by atoms with Gasteiger partial charge in [0.1, 0.15) is 11.3 Å². The maximum absolute atomic E-state index is 12.6. The lowest BCUT2D eigenvalue weighted by Gasteiger charge is -2.34. The highest BCUT2D eigenvalue weighted by atomic mass is 16.3. The van der Waals surface area contributed by atoms with Crippen molar-refractivity contribution in [3.8, 4) is 0 Å². The van der Waals surface area contributed by atoms with Crippen molar-refractivity contribution in [2.75, 3.05) is 32.7 Å². The lowest BCUT2D eigenvalue weighted by molar-refractivity contribution is -0.123. The van der Waals surface area contributed by atoms with Gasteiger partial charge in [0, 0.05) is 38.1 Å². The van der Waals surface area contributed by atoms with Crippen LogP contribution in [0.4, 0.5) is 0 Å². The zero-order valence-corrected chi connectivity index (χ0v) is 18.5. The first kappa shape index (κ1) is 20.7. The molecule has 1 fully saturated rings. The third kappa shape index (κ3) is 4.54. The van der Waals surface area contributed by atoms with E-state index in [4.69, 9.17) is 4.42 Å². The summed E-state index contributed by atoms with van der Waals surface area (Å²) >= 11 is 0. The Morgan fingerprint density at radius 3 is 2.41 bits per heavy atom. The fourth-order valence-corrected chi connectivity index (χ4v) is 4.55. The SMILES string of the molecule is CC(NC(=O)CN1CCN(Cc2cccc3ccccc23)CC1)c1cc2ccccc2o1. The second kappa shape index (κ2) is 9.15. The van der Waals surface area contributed by atoms with E-state index in [1.807, 2.05) is 37.3 Å². The molecule has 0 saturated carbocycles. The number of nitrogens with zero attached hydrogens (tertiary/aromatic N) is 2. The summed E-state index contributed by atoms with van der Waals surface area (Å²) in [4.78, 5) is 17.3. The number of benzene rings is 3. The molecule has 5 nitrogen and oxygen atoms in total. The molecule has 32 heavy (non-hydrogen) atoms. The van der Waals surface area contributed by atoms with E-state index in [1.165, 1.54) is 16.3 Å². The van der Waals surface area contributed by atoms with Crippen LogP contribution >= 0.6 is 0 Å². The summed E-state index contributed by atoms with van der Waals surface area (Å²) < 4.78 is 5.89. The zero-order valence-electron chi connectivity index (χ0n) is 18.5. The van der Waals surface area contributed by atoms with Crippen LogP contribution in [0, 0.1) is 0 Å². The molecule has 1 N–H and O–H groups in total. The van der Waals surface area contributed by atoms with Gasteiger partial charge in [0.2, 0.25) is 5.91 Å². The minimum Gasteiger partial charge on any atom is -0.459 e. The lowest BCUT2D eigenvalue weighted by Crippen LogP contribution is -2.49. The van der Waals surface area contributed by atoms with E-state index in [0.29, 0.717) is 6.54 Å². The van der Waals surface area contributed by atoms with E-state index in [0.717, 1.165) is 49.5 Å². The Bertz CT molecular complexity index is 1190. The van der Waals surface area contributed by atoms with E-state index in [1.54, 1.807) is 0 Å². The second-order valence-corrected chi connectivity index (χ2v) is 8.67. The van der Waals surface area contributed by atoms with Gasteiger partial charge in [0.05, 0.1) is 12.6 Å². The van der Waals surface area contributed by atoms with Gasteiger partial charge < -0.3 is 9.73 Å². The number of carbonyl (C=O) groups is 1. The highest BCUT2D eigenvalue weighted by Gasteiger charge is 2.21. The van der Waals surface area contributed by atoms with Crippen LogP contribution in [0.2, 0.25) is 0 Å². The van der Waals surface area contributed by atoms with Crippen LogP contribution in [0.15, 0.2) is 77.2 Å². The predicted molar refractivity (Wildman–Crippen MR) is 128 cm³/mol. The topological polar surface area (TPSA) is 48.7 Å². The molecule has 3 aromatic carbocycles. The Balaban J connectivity index is 1.12. The number of piperazine rings is 1. The van der Waals surface area contributed by atoms with Crippen molar-refractivity contribution in [1.82, 2.24) is 15.1 Å². The highest BCUT2D eigenvalue weighted by molar-refractivity contribution is 5.85. The molecule has 0 spiro atoms. The molecule has 5 heteroatoms. The van der Waals surface area contributed by atoms with Crippen LogP contribution in [0.5, 0.6) is 0 Å². The number of fused-ring (bicyclic) bond motifs is 2. The van der Waals surface area contributed by atoms with E-state index in [9.17, 15) is 4.79 Å². The van der Waals surface area contributed by atoms with E-state index < -0.39 is 0 Å². The average Bonchev–Trinajstić information content (AvgIpc) is 3.25. The third-order valence-electron chi connectivity index (χ3n) is 6.35. The molecule has 164 valence electrons. The predicted octanol–water partition coefficient (Wildman–Crippen LogP) is 4.58. The molecule has 1 aromatic heterocycles. The largest absolute Gasteiger partial charge is 0.459 e. The first-order valence-corrected chi connectivity index (χ1v) is 11.3. The third-order valence-corrected chi connectivity index (χ3v) is 6.35. The summed E-state index contributed by atoms with van der Waals surface area (Å²) in [5.74, 6) is 0.833. The Labute approximate surface area is 188 Å². The molecule has 0 bridgehead atoms. The Morgan fingerprint density at radius 1 is 0.906 bits per heavy atom.